The van der Waals surface area contributed by atoms with Crippen molar-refractivity contribution in [1.29, 1.82) is 0 Å². The zero-order valence-corrected chi connectivity index (χ0v) is 30.5. The van der Waals surface area contributed by atoms with E-state index in [1.54, 1.807) is 7.11 Å². The van der Waals surface area contributed by atoms with Gasteiger partial charge in [-0.15, -0.1) is 0 Å². The maximum atomic E-state index is 14.8. The minimum atomic E-state index is -1.34. The number of phenols is 1. The molecule has 3 aromatic rings. The van der Waals surface area contributed by atoms with Gasteiger partial charge in [0.25, 0.3) is 0 Å². The third-order valence-corrected chi connectivity index (χ3v) is 9.19. The smallest absolute Gasteiger partial charge is 0.336 e. The first-order valence-corrected chi connectivity index (χ1v) is 17.7. The molecule has 2 N–H and O–H groups in total. The van der Waals surface area contributed by atoms with Gasteiger partial charge in [-0.3, -0.25) is 4.79 Å². The summed E-state index contributed by atoms with van der Waals surface area (Å²) in [5, 5.41) is 20.7. The van der Waals surface area contributed by atoms with E-state index in [1.165, 1.54) is 19.2 Å². The number of hydrogen-bond acceptors (Lipinski definition) is 12. The average molecular weight is 765 g/mol. The predicted molar refractivity (Wildman–Crippen MR) is 200 cm³/mol. The van der Waals surface area contributed by atoms with E-state index < -0.39 is 28.8 Å². The Morgan fingerprint density at radius 1 is 0.691 bits per heavy atom. The summed E-state index contributed by atoms with van der Waals surface area (Å²) in [6.07, 6.45) is 0. The topological polar surface area (TPSA) is 150 Å². The Morgan fingerprint density at radius 3 is 1.85 bits per heavy atom. The summed E-state index contributed by atoms with van der Waals surface area (Å²) in [6, 6.07) is 14.5. The van der Waals surface area contributed by atoms with E-state index >= 15 is 0 Å². The lowest BCUT2D eigenvalue weighted by Gasteiger charge is -2.28. The number of phenolic OH excluding ortho intramolecular Hbond substituents is 1. The molecule has 0 amide bonds. The normalized spacial score (nSPS) is 15.8. The van der Waals surface area contributed by atoms with E-state index in [0.717, 1.165) is 35.7 Å². The van der Waals surface area contributed by atoms with E-state index in [-0.39, 0.29) is 57.9 Å². The van der Waals surface area contributed by atoms with Gasteiger partial charge in [-0.25, -0.2) is 13.6 Å². The number of methoxy groups -OCH3 is 2. The molecule has 0 aromatic heterocycles. The lowest BCUT2D eigenvalue weighted by Crippen LogP contribution is -2.33. The molecule has 0 saturated carbocycles. The molecule has 0 bridgehead atoms. The quantitative estimate of drug-likeness (QED) is 0.205. The van der Waals surface area contributed by atoms with Gasteiger partial charge in [0.15, 0.2) is 17.4 Å². The van der Waals surface area contributed by atoms with Crippen molar-refractivity contribution < 1.29 is 56.6 Å². The fourth-order valence-corrected chi connectivity index (χ4v) is 6.49. The average Bonchev–Trinajstić information content (AvgIpc) is 3.17. The van der Waals surface area contributed by atoms with Crippen molar-refractivity contribution in [2.45, 2.75) is 0 Å². The summed E-state index contributed by atoms with van der Waals surface area (Å²) in [5.41, 5.74) is 0.211. The maximum absolute atomic E-state index is 14.8. The SMILES string of the molecule is COc1ccccc1N1CCOCCOCCN(c2cc(C(=O)O)c(-c3c4cc(F)c(=O)cc-4oc4cc(O)c(F)cc34)cc2OC)CCOCCOCC1. The third-order valence-electron chi connectivity index (χ3n) is 9.19. The molecule has 0 radical (unpaired) electrons. The van der Waals surface area contributed by atoms with Crippen molar-refractivity contribution in [3.63, 3.8) is 0 Å². The summed E-state index contributed by atoms with van der Waals surface area (Å²) < 4.78 is 70.3. The highest BCUT2D eigenvalue weighted by Gasteiger charge is 2.27. The molecule has 2 heterocycles. The fourth-order valence-electron chi connectivity index (χ4n) is 6.49. The Bertz CT molecular complexity index is 2120. The highest BCUT2D eigenvalue weighted by Crippen LogP contribution is 2.45. The molecule has 6 rings (SSSR count). The maximum Gasteiger partial charge on any atom is 0.336 e. The van der Waals surface area contributed by atoms with Crippen LogP contribution in [0.25, 0.3) is 33.4 Å². The van der Waals surface area contributed by atoms with E-state index in [0.29, 0.717) is 71.5 Å². The first kappa shape index (κ1) is 39.2. The number of para-hydroxylation sites is 2. The van der Waals surface area contributed by atoms with Gasteiger partial charge in [-0.05, 0) is 36.4 Å². The number of ether oxygens (including phenoxy) is 6. The Kier molecular flexibility index (Phi) is 13.0. The molecule has 13 nitrogen and oxygen atoms in total. The number of carbonyl (C=O) groups is 1. The zero-order valence-electron chi connectivity index (χ0n) is 30.5. The standard InChI is InChI=1S/C40H42F2N2O11/c1-49-35-6-4-3-5-31(35)43-7-11-51-15-17-53-13-9-44(10-14-54-18-16-52-12-8-43)32-21-26(40(47)48)25(22-38(32)50-2)39-27-19-29(41)33(45)23-36(27)55-37-24-34(46)30(42)20-28(37)39/h3-6,19-24,45H,7-18H2,1-2H3,(H,47,48). The number of aromatic hydroxyl groups is 1. The highest BCUT2D eigenvalue weighted by atomic mass is 19.1. The Labute approximate surface area is 315 Å². The van der Waals surface area contributed by atoms with Crippen LogP contribution in [0.5, 0.6) is 17.2 Å². The summed E-state index contributed by atoms with van der Waals surface area (Å²) >= 11 is 0. The molecule has 15 heteroatoms. The molecule has 1 saturated heterocycles. The Hall–Kier alpha value is -5.48. The molecule has 0 spiro atoms. The van der Waals surface area contributed by atoms with Crippen molar-refractivity contribution >= 4 is 28.3 Å². The van der Waals surface area contributed by atoms with Crippen molar-refractivity contribution in [2.24, 2.45) is 0 Å². The van der Waals surface area contributed by atoms with Gasteiger partial charge < -0.3 is 52.9 Å². The lowest BCUT2D eigenvalue weighted by molar-refractivity contribution is 0.0435. The van der Waals surface area contributed by atoms with Gasteiger partial charge in [-0.1, -0.05) is 12.1 Å². The second-order valence-corrected chi connectivity index (χ2v) is 12.5. The number of halogens is 2. The first-order valence-electron chi connectivity index (χ1n) is 17.7. The molecule has 55 heavy (non-hydrogen) atoms. The van der Waals surface area contributed by atoms with Crippen LogP contribution in [0.3, 0.4) is 0 Å². The number of aromatic carboxylic acids is 1. The second-order valence-electron chi connectivity index (χ2n) is 12.5. The van der Waals surface area contributed by atoms with Crippen LogP contribution in [-0.2, 0) is 18.9 Å². The fraction of sp³-hybridized carbons (Fsp3) is 0.350. The molecule has 292 valence electrons. The number of benzene rings is 4. The van der Waals surface area contributed by atoms with Crippen LogP contribution in [-0.4, -0.2) is 109 Å². The lowest BCUT2D eigenvalue weighted by atomic mass is 9.90. The van der Waals surface area contributed by atoms with Crippen LogP contribution in [0.2, 0.25) is 0 Å². The second kappa shape index (κ2) is 18.2. The van der Waals surface area contributed by atoms with Crippen LogP contribution in [0, 0.1) is 11.6 Å². The van der Waals surface area contributed by atoms with Crippen LogP contribution in [0.4, 0.5) is 20.2 Å². The summed E-state index contributed by atoms with van der Waals surface area (Å²) in [4.78, 5) is 29.2. The van der Waals surface area contributed by atoms with Crippen molar-refractivity contribution in [3.8, 4) is 39.7 Å². The monoisotopic (exact) mass is 764 g/mol. The van der Waals surface area contributed by atoms with E-state index in [4.69, 9.17) is 32.8 Å². The van der Waals surface area contributed by atoms with E-state index in [1.807, 2.05) is 29.2 Å². The molecular formula is C40H42F2N2O11. The third kappa shape index (κ3) is 9.08. The molecular weight excluding hydrogens is 722 g/mol. The molecule has 3 aromatic carbocycles. The molecule has 1 aliphatic carbocycles. The largest absolute Gasteiger partial charge is 0.505 e. The minimum Gasteiger partial charge on any atom is -0.505 e. The molecule has 2 aliphatic heterocycles. The molecule has 0 unspecified atom stereocenters. The number of hydrogen-bond donors (Lipinski definition) is 2. The summed E-state index contributed by atoms with van der Waals surface area (Å²) in [5.74, 6) is -3.29. The molecule has 1 fully saturated rings. The Balaban J connectivity index is 1.28. The van der Waals surface area contributed by atoms with Crippen molar-refractivity contribution in [1.82, 2.24) is 0 Å². The van der Waals surface area contributed by atoms with Crippen molar-refractivity contribution in [3.05, 3.63) is 88.1 Å². The molecule has 0 atom stereocenters. The van der Waals surface area contributed by atoms with Crippen LogP contribution in [0.1, 0.15) is 10.4 Å². The van der Waals surface area contributed by atoms with Gasteiger partial charge >= 0.3 is 5.97 Å². The number of carboxylic acids is 1. The van der Waals surface area contributed by atoms with Crippen LogP contribution in [0.15, 0.2) is 69.9 Å². The Morgan fingerprint density at radius 2 is 1.27 bits per heavy atom. The number of nitrogens with zero attached hydrogens (tertiary/aromatic N) is 2. The summed E-state index contributed by atoms with van der Waals surface area (Å²) in [7, 11) is 3.05. The number of rotatable bonds is 6. The number of fused-ring (bicyclic) bond motifs is 2. The van der Waals surface area contributed by atoms with Crippen LogP contribution >= 0.6 is 0 Å². The van der Waals surface area contributed by atoms with Gasteiger partial charge in [-0.2, -0.15) is 0 Å². The van der Waals surface area contributed by atoms with E-state index in [2.05, 4.69) is 4.90 Å². The zero-order chi connectivity index (χ0) is 38.9. The van der Waals surface area contributed by atoms with Gasteiger partial charge in [0, 0.05) is 60.4 Å². The number of carboxylic acid groups (broad SMARTS) is 1. The van der Waals surface area contributed by atoms with Gasteiger partial charge in [0.05, 0.1) is 84.0 Å². The van der Waals surface area contributed by atoms with Crippen molar-refractivity contribution in [2.75, 3.05) is 103 Å². The van der Waals surface area contributed by atoms with Gasteiger partial charge in [0.1, 0.15) is 22.8 Å². The minimum absolute atomic E-state index is 0.0160. The highest BCUT2D eigenvalue weighted by molar-refractivity contribution is 6.08. The van der Waals surface area contributed by atoms with Gasteiger partial charge in [0.2, 0.25) is 5.43 Å². The van der Waals surface area contributed by atoms with E-state index in [9.17, 15) is 28.6 Å². The predicted octanol–water partition coefficient (Wildman–Crippen LogP) is 5.66. The number of anilines is 2. The van der Waals surface area contributed by atoms with Crippen LogP contribution < -0.4 is 24.7 Å². The molecule has 3 aliphatic rings. The first-order chi connectivity index (χ1) is 26.7. The summed E-state index contributed by atoms with van der Waals surface area (Å²) in [6.45, 7) is 4.53.